The molecule has 2 heteroatoms. The molecule has 0 saturated carbocycles. The Kier molecular flexibility index (Phi) is 4.38. The van der Waals surface area contributed by atoms with Crippen LogP contribution in [0, 0.1) is 0 Å². The normalized spacial score (nSPS) is 12.3. The Morgan fingerprint density at radius 2 is 0.773 bits per heavy atom. The van der Waals surface area contributed by atoms with Crippen molar-refractivity contribution in [2.24, 2.45) is 0 Å². The second-order valence-corrected chi connectivity index (χ2v) is 9.75. The van der Waals surface area contributed by atoms with Gasteiger partial charge < -0.3 is 0 Å². The van der Waals surface area contributed by atoms with Gasteiger partial charge >= 0.3 is 133 Å². The van der Waals surface area contributed by atoms with Gasteiger partial charge in [-0.3, -0.25) is 0 Å². The average Bonchev–Trinajstić information content (AvgIpc) is 2.58. The Balaban J connectivity index is 2.34. The maximum absolute atomic E-state index is 2.44. The molecule has 1 nitrogen and oxygen atoms in total. The summed E-state index contributed by atoms with van der Waals surface area (Å²) in [5, 5.41) is 4.24. The molecule has 0 N–H and O–H groups in total. The van der Waals surface area contributed by atoms with Gasteiger partial charge in [-0.15, -0.1) is 0 Å². The van der Waals surface area contributed by atoms with Gasteiger partial charge in [0.1, 0.15) is 0 Å². The van der Waals surface area contributed by atoms with E-state index in [1.54, 1.807) is 0 Å². The van der Waals surface area contributed by atoms with Crippen molar-refractivity contribution in [3.8, 4) is 0 Å². The van der Waals surface area contributed by atoms with Gasteiger partial charge in [-0.2, -0.15) is 0 Å². The standard InChI is InChI=1S/C20H22NP/c1-21(2)22(18-12-6-3-7-13-18,19-14-8-4-9-15-19)20-16-10-5-11-17-20/h3-17,22H,1-2H3. The van der Waals surface area contributed by atoms with E-state index in [1.165, 1.54) is 15.9 Å². The van der Waals surface area contributed by atoms with Gasteiger partial charge in [0.2, 0.25) is 0 Å². The summed E-state index contributed by atoms with van der Waals surface area (Å²) < 4.78 is 2.44. The molecule has 3 aromatic rings. The molecule has 0 saturated heterocycles. The molecule has 0 unspecified atom stereocenters. The van der Waals surface area contributed by atoms with E-state index in [0.29, 0.717) is 0 Å². The second-order valence-electron chi connectivity index (χ2n) is 5.70. The average molecular weight is 307 g/mol. The summed E-state index contributed by atoms with van der Waals surface area (Å²) in [5.74, 6) is 0. The van der Waals surface area contributed by atoms with Crippen LogP contribution in [-0.4, -0.2) is 18.8 Å². The summed E-state index contributed by atoms with van der Waals surface area (Å²) in [4.78, 5) is 0. The Hall–Kier alpha value is -1.95. The minimum absolute atomic E-state index is 1.41. The summed E-state index contributed by atoms with van der Waals surface area (Å²) in [6.45, 7) is 0. The first-order chi connectivity index (χ1) is 10.8. The molecule has 0 amide bonds. The molecule has 0 heterocycles. The van der Waals surface area contributed by atoms with Crippen molar-refractivity contribution < 1.29 is 0 Å². The fourth-order valence-electron chi connectivity index (χ4n) is 3.31. The molecule has 0 bridgehead atoms. The molecule has 0 spiro atoms. The number of nitrogens with zero attached hydrogens (tertiary/aromatic N) is 1. The fourth-order valence-corrected chi connectivity index (χ4v) is 7.89. The first-order valence-corrected chi connectivity index (χ1v) is 9.55. The summed E-state index contributed by atoms with van der Waals surface area (Å²) in [6.07, 6.45) is 0. The van der Waals surface area contributed by atoms with Gasteiger partial charge in [0, 0.05) is 0 Å². The van der Waals surface area contributed by atoms with E-state index in [9.17, 15) is 0 Å². The van der Waals surface area contributed by atoms with Crippen LogP contribution < -0.4 is 15.9 Å². The predicted molar refractivity (Wildman–Crippen MR) is 100 cm³/mol. The van der Waals surface area contributed by atoms with Crippen LogP contribution in [0.15, 0.2) is 91.0 Å². The van der Waals surface area contributed by atoms with Crippen molar-refractivity contribution in [3.05, 3.63) is 91.0 Å². The van der Waals surface area contributed by atoms with Crippen molar-refractivity contribution in [2.45, 2.75) is 0 Å². The first kappa shape index (κ1) is 15.0. The molecule has 0 aromatic heterocycles. The van der Waals surface area contributed by atoms with Crippen LogP contribution in [0.4, 0.5) is 0 Å². The summed E-state index contributed by atoms with van der Waals surface area (Å²) in [5.41, 5.74) is 0. The molecule has 112 valence electrons. The number of hydrogen-bond donors (Lipinski definition) is 0. The molecule has 0 radical (unpaired) electrons. The van der Waals surface area contributed by atoms with E-state index in [0.717, 1.165) is 0 Å². The molecular weight excluding hydrogens is 285 g/mol. The zero-order valence-corrected chi connectivity index (χ0v) is 14.1. The van der Waals surface area contributed by atoms with Crippen molar-refractivity contribution in [1.29, 1.82) is 0 Å². The molecule has 0 atom stereocenters. The Labute approximate surface area is 133 Å². The molecule has 3 rings (SSSR count). The minimum atomic E-state index is -2.17. The Bertz CT molecular complexity index is 612. The third-order valence-corrected chi connectivity index (χ3v) is 9.09. The molecule has 0 aliphatic carbocycles. The second kappa shape index (κ2) is 6.44. The van der Waals surface area contributed by atoms with Crippen LogP contribution >= 0.6 is 7.41 Å². The maximum atomic E-state index is 2.44. The third-order valence-electron chi connectivity index (χ3n) is 4.25. The van der Waals surface area contributed by atoms with Gasteiger partial charge in [-0.1, -0.05) is 0 Å². The number of rotatable bonds is 4. The summed E-state index contributed by atoms with van der Waals surface area (Å²) >= 11 is 0. The predicted octanol–water partition coefficient (Wildman–Crippen LogP) is 3.19. The number of hydrogen-bond acceptors (Lipinski definition) is 1. The van der Waals surface area contributed by atoms with Crippen molar-refractivity contribution in [1.82, 2.24) is 4.67 Å². The fraction of sp³-hybridized carbons (Fsp3) is 0.100. The molecule has 0 aliphatic heterocycles. The van der Waals surface area contributed by atoms with Crippen molar-refractivity contribution in [2.75, 3.05) is 14.1 Å². The van der Waals surface area contributed by atoms with E-state index < -0.39 is 7.41 Å². The van der Waals surface area contributed by atoms with Gasteiger partial charge in [0.15, 0.2) is 0 Å². The van der Waals surface area contributed by atoms with E-state index in [-0.39, 0.29) is 0 Å². The van der Waals surface area contributed by atoms with Crippen molar-refractivity contribution >= 4 is 23.3 Å². The third kappa shape index (κ3) is 2.47. The number of benzene rings is 3. The topological polar surface area (TPSA) is 3.24 Å². The van der Waals surface area contributed by atoms with Crippen LogP contribution in [0.2, 0.25) is 0 Å². The quantitative estimate of drug-likeness (QED) is 0.669. The van der Waals surface area contributed by atoms with E-state index in [2.05, 4.69) is 110 Å². The monoisotopic (exact) mass is 307 g/mol. The summed E-state index contributed by atoms with van der Waals surface area (Å²) in [6, 6.07) is 32.8. The van der Waals surface area contributed by atoms with E-state index >= 15 is 0 Å². The Morgan fingerprint density at radius 1 is 0.500 bits per heavy atom. The first-order valence-electron chi connectivity index (χ1n) is 7.60. The molecule has 0 fully saturated rings. The molecule has 3 aromatic carbocycles. The zero-order valence-electron chi connectivity index (χ0n) is 13.1. The van der Waals surface area contributed by atoms with Crippen LogP contribution in [0.3, 0.4) is 0 Å². The Morgan fingerprint density at radius 3 is 1.00 bits per heavy atom. The van der Waals surface area contributed by atoms with Gasteiger partial charge in [-0.05, 0) is 0 Å². The SMILES string of the molecule is CN(C)[PH](c1ccccc1)(c1ccccc1)c1ccccc1. The molecular formula is C20H22NP. The van der Waals surface area contributed by atoms with Crippen LogP contribution in [0.1, 0.15) is 0 Å². The van der Waals surface area contributed by atoms with Gasteiger partial charge in [0.25, 0.3) is 0 Å². The van der Waals surface area contributed by atoms with Crippen molar-refractivity contribution in [3.63, 3.8) is 0 Å². The van der Waals surface area contributed by atoms with Crippen LogP contribution in [0.25, 0.3) is 0 Å². The molecule has 22 heavy (non-hydrogen) atoms. The van der Waals surface area contributed by atoms with Gasteiger partial charge in [-0.25, -0.2) is 0 Å². The van der Waals surface area contributed by atoms with E-state index in [4.69, 9.17) is 0 Å². The van der Waals surface area contributed by atoms with Crippen LogP contribution in [0.5, 0.6) is 0 Å². The van der Waals surface area contributed by atoms with Crippen LogP contribution in [-0.2, 0) is 0 Å². The molecule has 0 aliphatic rings. The zero-order chi connectivity index (χ0) is 15.4. The van der Waals surface area contributed by atoms with Gasteiger partial charge in [0.05, 0.1) is 0 Å². The summed E-state index contributed by atoms with van der Waals surface area (Å²) in [7, 11) is 2.25. The van der Waals surface area contributed by atoms with E-state index in [1.807, 2.05) is 0 Å².